The van der Waals surface area contributed by atoms with Gasteiger partial charge < -0.3 is 9.84 Å². The average Bonchev–Trinajstić information content (AvgIpc) is 2.88. The smallest absolute Gasteiger partial charge is 0.273 e. The van der Waals surface area contributed by atoms with Crippen molar-refractivity contribution in [3.8, 4) is 0 Å². The minimum atomic E-state index is -0.156. The van der Waals surface area contributed by atoms with Gasteiger partial charge in [-0.2, -0.15) is 0 Å². The second-order valence-corrected chi connectivity index (χ2v) is 5.19. The molecule has 3 rings (SSSR count). The molecule has 18 heavy (non-hydrogen) atoms. The first-order valence-electron chi connectivity index (χ1n) is 5.80. The van der Waals surface area contributed by atoms with Crippen molar-refractivity contribution in [2.45, 2.75) is 18.9 Å². The van der Waals surface area contributed by atoms with Gasteiger partial charge in [0, 0.05) is 17.0 Å². The first kappa shape index (κ1) is 11.2. The van der Waals surface area contributed by atoms with Crippen LogP contribution in [0, 0.1) is 0 Å². The van der Waals surface area contributed by atoms with Gasteiger partial charge in [-0.25, -0.2) is 0 Å². The zero-order chi connectivity index (χ0) is 12.4. The predicted octanol–water partition coefficient (Wildman–Crippen LogP) is 2.80. The normalized spacial score (nSPS) is 15.1. The Morgan fingerprint density at radius 2 is 2.39 bits per heavy atom. The van der Waals surface area contributed by atoms with E-state index >= 15 is 0 Å². The number of hydrogen-bond acceptors (Lipinski definition) is 4. The van der Waals surface area contributed by atoms with Gasteiger partial charge in [0.15, 0.2) is 11.5 Å². The summed E-state index contributed by atoms with van der Waals surface area (Å²) in [5, 5.41) is 8.64. The number of rotatable bonds is 4. The molecule has 1 aliphatic rings. The summed E-state index contributed by atoms with van der Waals surface area (Å²) < 4.78 is 5.09. The lowest BCUT2D eigenvalue weighted by atomic mass is 10.3. The van der Waals surface area contributed by atoms with Crippen LogP contribution in [0.2, 0.25) is 0 Å². The summed E-state index contributed by atoms with van der Waals surface area (Å²) in [4.78, 5) is 12.8. The average molecular weight is 260 g/mol. The van der Waals surface area contributed by atoms with Crippen molar-refractivity contribution in [1.29, 1.82) is 0 Å². The zero-order valence-corrected chi connectivity index (χ0v) is 10.4. The van der Waals surface area contributed by atoms with E-state index in [2.05, 4.69) is 10.5 Å². The van der Waals surface area contributed by atoms with Crippen LogP contribution >= 0.6 is 11.3 Å². The molecule has 0 aliphatic heterocycles. The first-order valence-corrected chi connectivity index (χ1v) is 6.68. The highest BCUT2D eigenvalue weighted by Crippen LogP contribution is 2.19. The van der Waals surface area contributed by atoms with Crippen molar-refractivity contribution < 1.29 is 9.32 Å². The Hall–Kier alpha value is -1.88. The van der Waals surface area contributed by atoms with Crippen LogP contribution in [0.15, 0.2) is 28.1 Å². The molecule has 5 heteroatoms. The summed E-state index contributed by atoms with van der Waals surface area (Å²) in [5.41, 5.74) is 0.340. The topological polar surface area (TPSA) is 55.1 Å². The van der Waals surface area contributed by atoms with Gasteiger partial charge in [0.25, 0.3) is 5.91 Å². The number of thiophene rings is 1. The van der Waals surface area contributed by atoms with Gasteiger partial charge in [-0.3, -0.25) is 4.79 Å². The highest BCUT2D eigenvalue weighted by Gasteiger charge is 2.25. The van der Waals surface area contributed by atoms with E-state index in [9.17, 15) is 4.79 Å². The second kappa shape index (κ2) is 4.78. The Labute approximate surface area is 108 Å². The molecule has 0 saturated heterocycles. The third kappa shape index (κ3) is 2.68. The molecular formula is C13H12N2O2S. The van der Waals surface area contributed by atoms with E-state index in [-0.39, 0.29) is 5.91 Å². The number of hydrogen-bond donors (Lipinski definition) is 1. The predicted molar refractivity (Wildman–Crippen MR) is 70.2 cm³/mol. The van der Waals surface area contributed by atoms with Crippen LogP contribution in [0.3, 0.4) is 0 Å². The van der Waals surface area contributed by atoms with Crippen LogP contribution < -0.4 is 5.32 Å². The molecule has 2 aromatic heterocycles. The quantitative estimate of drug-likeness (QED) is 0.919. The molecule has 92 valence electrons. The fourth-order valence-electron chi connectivity index (χ4n) is 1.51. The number of carbonyl (C=O) groups excluding carboxylic acids is 1. The Morgan fingerprint density at radius 3 is 3.11 bits per heavy atom. The number of nitrogens with zero attached hydrogens (tertiary/aromatic N) is 1. The van der Waals surface area contributed by atoms with Crippen LogP contribution in [0.25, 0.3) is 12.2 Å². The SMILES string of the molecule is O=C(NC1CC1)c1cc(C=Cc2cccs2)on1. The molecule has 1 aliphatic carbocycles. The maximum Gasteiger partial charge on any atom is 0.273 e. The fourth-order valence-corrected chi connectivity index (χ4v) is 2.13. The van der Waals surface area contributed by atoms with Crippen molar-refractivity contribution in [2.24, 2.45) is 0 Å². The first-order chi connectivity index (χ1) is 8.81. The summed E-state index contributed by atoms with van der Waals surface area (Å²) in [5.74, 6) is 0.432. The standard InChI is InChI=1S/C13H12N2O2S/c16-13(14-9-3-4-9)12-8-10(17-15-12)5-6-11-2-1-7-18-11/h1-2,5-9H,3-4H2,(H,14,16). The number of nitrogens with one attached hydrogen (secondary N) is 1. The maximum absolute atomic E-state index is 11.7. The van der Waals surface area contributed by atoms with Crippen molar-refractivity contribution in [1.82, 2.24) is 10.5 Å². The molecule has 4 nitrogen and oxygen atoms in total. The lowest BCUT2D eigenvalue weighted by Gasteiger charge is -1.96. The van der Waals surface area contributed by atoms with Crippen LogP contribution in [0.1, 0.15) is 34.0 Å². The van der Waals surface area contributed by atoms with Gasteiger partial charge in [0.2, 0.25) is 0 Å². The molecule has 0 aromatic carbocycles. The zero-order valence-electron chi connectivity index (χ0n) is 9.63. The second-order valence-electron chi connectivity index (χ2n) is 4.21. The Bertz CT molecular complexity index is 568. The lowest BCUT2D eigenvalue weighted by molar-refractivity contribution is 0.0942. The van der Waals surface area contributed by atoms with Crippen LogP contribution in [-0.2, 0) is 0 Å². The molecule has 0 unspecified atom stereocenters. The van der Waals surface area contributed by atoms with E-state index in [1.165, 1.54) is 0 Å². The van der Waals surface area contributed by atoms with Gasteiger partial charge in [-0.1, -0.05) is 11.2 Å². The molecule has 1 amide bonds. The van der Waals surface area contributed by atoms with E-state index in [1.807, 2.05) is 29.7 Å². The molecule has 0 radical (unpaired) electrons. The van der Waals surface area contributed by atoms with Crippen molar-refractivity contribution in [2.75, 3.05) is 0 Å². The Kier molecular flexibility index (Phi) is 2.98. The van der Waals surface area contributed by atoms with Gasteiger partial charge in [-0.15, -0.1) is 11.3 Å². The minimum absolute atomic E-state index is 0.156. The molecule has 2 heterocycles. The molecule has 0 spiro atoms. The minimum Gasteiger partial charge on any atom is -0.356 e. The van der Waals surface area contributed by atoms with Crippen molar-refractivity contribution in [3.63, 3.8) is 0 Å². The summed E-state index contributed by atoms with van der Waals surface area (Å²) in [6, 6.07) is 5.98. The van der Waals surface area contributed by atoms with E-state index < -0.39 is 0 Å². The highest BCUT2D eigenvalue weighted by molar-refractivity contribution is 7.10. The number of amides is 1. The van der Waals surface area contributed by atoms with Crippen LogP contribution in [0.4, 0.5) is 0 Å². The highest BCUT2D eigenvalue weighted by atomic mass is 32.1. The van der Waals surface area contributed by atoms with Gasteiger partial charge in [0.1, 0.15) is 0 Å². The van der Waals surface area contributed by atoms with Crippen LogP contribution in [-0.4, -0.2) is 17.1 Å². The molecule has 0 bridgehead atoms. The van der Waals surface area contributed by atoms with Gasteiger partial charge in [-0.05, 0) is 36.4 Å². The largest absolute Gasteiger partial charge is 0.356 e. The Balaban J connectivity index is 1.67. The Morgan fingerprint density at radius 1 is 1.50 bits per heavy atom. The van der Waals surface area contributed by atoms with E-state index in [1.54, 1.807) is 17.4 Å². The summed E-state index contributed by atoms with van der Waals surface area (Å²) in [7, 11) is 0. The van der Waals surface area contributed by atoms with Gasteiger partial charge in [0.05, 0.1) is 0 Å². The monoisotopic (exact) mass is 260 g/mol. The molecule has 1 N–H and O–H groups in total. The molecular weight excluding hydrogens is 248 g/mol. The molecule has 1 fully saturated rings. The molecule has 0 atom stereocenters. The number of aromatic nitrogens is 1. The van der Waals surface area contributed by atoms with E-state index in [0.29, 0.717) is 17.5 Å². The molecule has 2 aromatic rings. The van der Waals surface area contributed by atoms with Gasteiger partial charge >= 0.3 is 0 Å². The van der Waals surface area contributed by atoms with Crippen molar-refractivity contribution in [3.05, 3.63) is 39.9 Å². The van der Waals surface area contributed by atoms with Crippen molar-refractivity contribution >= 4 is 29.4 Å². The molecule has 1 saturated carbocycles. The number of carbonyl (C=O) groups is 1. The lowest BCUT2D eigenvalue weighted by Crippen LogP contribution is -2.25. The third-order valence-corrected chi connectivity index (χ3v) is 3.47. The maximum atomic E-state index is 11.7. The fraction of sp³-hybridized carbons (Fsp3) is 0.231. The van der Waals surface area contributed by atoms with Crippen LogP contribution in [0.5, 0.6) is 0 Å². The van der Waals surface area contributed by atoms with E-state index in [0.717, 1.165) is 17.7 Å². The summed E-state index contributed by atoms with van der Waals surface area (Å²) in [6.45, 7) is 0. The summed E-state index contributed by atoms with van der Waals surface area (Å²) >= 11 is 1.64. The summed E-state index contributed by atoms with van der Waals surface area (Å²) in [6.07, 6.45) is 5.88. The third-order valence-electron chi connectivity index (χ3n) is 2.63. The van der Waals surface area contributed by atoms with E-state index in [4.69, 9.17) is 4.52 Å².